The van der Waals surface area contributed by atoms with Gasteiger partial charge in [-0.05, 0) is 11.6 Å². The number of aromatic nitrogens is 1. The minimum atomic E-state index is 0.403. The van der Waals surface area contributed by atoms with Gasteiger partial charge in [0.2, 0.25) is 0 Å². The molecule has 0 radical (unpaired) electrons. The Morgan fingerprint density at radius 3 is 2.60 bits per heavy atom. The fraction of sp³-hybridized carbons (Fsp3) is 0.0833. The lowest BCUT2D eigenvalue weighted by atomic mass is 10.0. The summed E-state index contributed by atoms with van der Waals surface area (Å²) < 4.78 is 0. The molecule has 2 aromatic rings. The molecule has 3 heteroatoms. The quantitative estimate of drug-likeness (QED) is 0.787. The molecule has 2 nitrogen and oxygen atoms in total. The molecule has 0 bridgehead atoms. The van der Waals surface area contributed by atoms with Crippen LogP contribution in [0.2, 0.25) is 0 Å². The number of hydrogen-bond acceptors (Lipinski definition) is 2. The molecule has 0 fully saturated rings. The van der Waals surface area contributed by atoms with E-state index in [1.807, 2.05) is 36.4 Å². The fourth-order valence-electron chi connectivity index (χ4n) is 1.45. The summed E-state index contributed by atoms with van der Waals surface area (Å²) in [4.78, 5) is 4.13. The highest BCUT2D eigenvalue weighted by molar-refractivity contribution is 6.16. The van der Waals surface area contributed by atoms with Gasteiger partial charge in [0.25, 0.3) is 0 Å². The molecule has 1 aromatic carbocycles. The number of rotatable bonds is 2. The van der Waals surface area contributed by atoms with Crippen LogP contribution in [0.5, 0.6) is 0 Å². The second-order valence-corrected chi connectivity index (χ2v) is 3.53. The van der Waals surface area contributed by atoms with Crippen LogP contribution in [-0.2, 0) is 5.88 Å². The van der Waals surface area contributed by atoms with E-state index in [0.29, 0.717) is 11.6 Å². The Morgan fingerprint density at radius 1 is 1.20 bits per heavy atom. The van der Waals surface area contributed by atoms with Crippen molar-refractivity contribution in [2.75, 3.05) is 5.73 Å². The molecule has 0 atom stereocenters. The van der Waals surface area contributed by atoms with Crippen LogP contribution in [0.3, 0.4) is 0 Å². The zero-order chi connectivity index (χ0) is 10.7. The molecule has 0 aliphatic carbocycles. The van der Waals surface area contributed by atoms with Gasteiger partial charge in [-0.3, -0.25) is 4.98 Å². The van der Waals surface area contributed by atoms with Crippen molar-refractivity contribution in [3.63, 3.8) is 0 Å². The maximum atomic E-state index is 5.87. The molecule has 0 saturated heterocycles. The first-order valence-corrected chi connectivity index (χ1v) is 5.20. The topological polar surface area (TPSA) is 38.9 Å². The van der Waals surface area contributed by atoms with Gasteiger partial charge in [-0.15, -0.1) is 11.6 Å². The first kappa shape index (κ1) is 9.99. The molecule has 2 N–H and O–H groups in total. The molecule has 15 heavy (non-hydrogen) atoms. The zero-order valence-corrected chi connectivity index (χ0v) is 8.91. The van der Waals surface area contributed by atoms with Crippen molar-refractivity contribution >= 4 is 17.3 Å². The Morgan fingerprint density at radius 2 is 1.93 bits per heavy atom. The number of hydrogen-bond donors (Lipinski definition) is 1. The number of nitrogens with zero attached hydrogens (tertiary/aromatic N) is 1. The highest BCUT2D eigenvalue weighted by Crippen LogP contribution is 2.25. The SMILES string of the molecule is Nc1cnc(CCl)cc1-c1ccccc1. The zero-order valence-electron chi connectivity index (χ0n) is 8.15. The molecular weight excluding hydrogens is 208 g/mol. The first-order chi connectivity index (χ1) is 7.31. The van der Waals surface area contributed by atoms with Crippen LogP contribution in [0.1, 0.15) is 5.69 Å². The smallest absolute Gasteiger partial charge is 0.0647 e. The van der Waals surface area contributed by atoms with Crippen molar-refractivity contribution in [3.8, 4) is 11.1 Å². The molecule has 0 saturated carbocycles. The Balaban J connectivity index is 2.52. The van der Waals surface area contributed by atoms with E-state index >= 15 is 0 Å². The molecule has 0 amide bonds. The monoisotopic (exact) mass is 218 g/mol. The third-order valence-corrected chi connectivity index (χ3v) is 2.49. The molecule has 0 aliphatic heterocycles. The van der Waals surface area contributed by atoms with Crippen LogP contribution in [0, 0.1) is 0 Å². The molecule has 0 aliphatic rings. The second kappa shape index (κ2) is 4.32. The molecule has 76 valence electrons. The third-order valence-electron chi connectivity index (χ3n) is 2.21. The van der Waals surface area contributed by atoms with Gasteiger partial charge in [0, 0.05) is 5.56 Å². The average molecular weight is 219 g/mol. The number of anilines is 1. The van der Waals surface area contributed by atoms with Crippen LogP contribution in [0.25, 0.3) is 11.1 Å². The highest BCUT2D eigenvalue weighted by Gasteiger charge is 2.03. The predicted octanol–water partition coefficient (Wildman–Crippen LogP) is 3.07. The molecule has 1 aromatic heterocycles. The Hall–Kier alpha value is -1.54. The minimum absolute atomic E-state index is 0.403. The van der Waals surface area contributed by atoms with Gasteiger partial charge in [0.15, 0.2) is 0 Å². The Kier molecular flexibility index (Phi) is 2.88. The standard InChI is InChI=1S/C12H11ClN2/c13-7-10-6-11(12(14)8-15-10)9-4-2-1-3-5-9/h1-6,8H,7,14H2. The van der Waals surface area contributed by atoms with Gasteiger partial charge >= 0.3 is 0 Å². The van der Waals surface area contributed by atoms with Crippen LogP contribution in [-0.4, -0.2) is 4.98 Å². The third kappa shape index (κ3) is 2.10. The van der Waals surface area contributed by atoms with Gasteiger partial charge < -0.3 is 5.73 Å². The van der Waals surface area contributed by atoms with Crippen molar-refractivity contribution in [1.82, 2.24) is 4.98 Å². The lowest BCUT2D eigenvalue weighted by molar-refractivity contribution is 1.17. The number of pyridine rings is 1. The van der Waals surface area contributed by atoms with Gasteiger partial charge in [-0.1, -0.05) is 30.3 Å². The van der Waals surface area contributed by atoms with Gasteiger partial charge in [0.1, 0.15) is 0 Å². The van der Waals surface area contributed by atoms with Crippen LogP contribution < -0.4 is 5.73 Å². The Labute approximate surface area is 93.7 Å². The summed E-state index contributed by atoms with van der Waals surface area (Å²) in [6.07, 6.45) is 1.65. The number of nitrogen functional groups attached to an aromatic ring is 1. The predicted molar refractivity (Wildman–Crippen MR) is 63.6 cm³/mol. The largest absolute Gasteiger partial charge is 0.397 e. The van der Waals surface area contributed by atoms with Crippen molar-refractivity contribution in [2.24, 2.45) is 0 Å². The number of benzene rings is 1. The Bertz CT molecular complexity index is 454. The van der Waals surface area contributed by atoms with E-state index in [9.17, 15) is 0 Å². The van der Waals surface area contributed by atoms with Gasteiger partial charge in [-0.25, -0.2) is 0 Å². The fourth-order valence-corrected chi connectivity index (χ4v) is 1.60. The highest BCUT2D eigenvalue weighted by atomic mass is 35.5. The summed E-state index contributed by atoms with van der Waals surface area (Å²) in [5.74, 6) is 0.403. The molecule has 0 spiro atoms. The lowest BCUT2D eigenvalue weighted by Gasteiger charge is -2.06. The number of nitrogens with two attached hydrogens (primary N) is 1. The van der Waals surface area contributed by atoms with E-state index in [1.165, 1.54) is 0 Å². The van der Waals surface area contributed by atoms with E-state index in [0.717, 1.165) is 16.8 Å². The maximum Gasteiger partial charge on any atom is 0.0647 e. The summed E-state index contributed by atoms with van der Waals surface area (Å²) >= 11 is 5.74. The van der Waals surface area contributed by atoms with E-state index in [4.69, 9.17) is 17.3 Å². The summed E-state index contributed by atoms with van der Waals surface area (Å²) in [6.45, 7) is 0. The molecule has 1 heterocycles. The molecule has 0 unspecified atom stereocenters. The summed E-state index contributed by atoms with van der Waals surface area (Å²) in [7, 11) is 0. The minimum Gasteiger partial charge on any atom is -0.397 e. The first-order valence-electron chi connectivity index (χ1n) is 4.67. The van der Waals surface area contributed by atoms with E-state index < -0.39 is 0 Å². The summed E-state index contributed by atoms with van der Waals surface area (Å²) in [5, 5.41) is 0. The van der Waals surface area contributed by atoms with Crippen molar-refractivity contribution < 1.29 is 0 Å². The average Bonchev–Trinajstić information content (AvgIpc) is 2.31. The van der Waals surface area contributed by atoms with E-state index in [-0.39, 0.29) is 0 Å². The maximum absolute atomic E-state index is 5.87. The van der Waals surface area contributed by atoms with E-state index in [1.54, 1.807) is 6.20 Å². The van der Waals surface area contributed by atoms with Crippen molar-refractivity contribution in [3.05, 3.63) is 48.3 Å². The summed E-state index contributed by atoms with van der Waals surface area (Å²) in [5.41, 5.74) is 9.46. The van der Waals surface area contributed by atoms with Crippen molar-refractivity contribution in [1.29, 1.82) is 0 Å². The van der Waals surface area contributed by atoms with Gasteiger partial charge in [0.05, 0.1) is 23.5 Å². The van der Waals surface area contributed by atoms with Crippen LogP contribution in [0.4, 0.5) is 5.69 Å². The lowest BCUT2D eigenvalue weighted by Crippen LogP contribution is -1.94. The normalized spacial score (nSPS) is 10.2. The van der Waals surface area contributed by atoms with Crippen LogP contribution in [0.15, 0.2) is 42.6 Å². The molecular formula is C12H11ClN2. The second-order valence-electron chi connectivity index (χ2n) is 3.26. The van der Waals surface area contributed by atoms with E-state index in [2.05, 4.69) is 4.98 Å². The number of halogens is 1. The van der Waals surface area contributed by atoms with Crippen molar-refractivity contribution in [2.45, 2.75) is 5.88 Å². The summed E-state index contributed by atoms with van der Waals surface area (Å²) in [6, 6.07) is 11.9. The van der Waals surface area contributed by atoms with Gasteiger partial charge in [-0.2, -0.15) is 0 Å². The molecule has 2 rings (SSSR count). The van der Waals surface area contributed by atoms with Crippen LogP contribution >= 0.6 is 11.6 Å². The number of alkyl halides is 1.